The number of benzene rings is 1. The van der Waals surface area contributed by atoms with Crippen molar-refractivity contribution in [2.75, 3.05) is 28.7 Å². The maximum atomic E-state index is 12.2. The van der Waals surface area contributed by atoms with Gasteiger partial charge in [0.1, 0.15) is 5.69 Å². The number of anilines is 4. The Hall–Kier alpha value is -3.32. The molecule has 2 heterocycles. The van der Waals surface area contributed by atoms with Gasteiger partial charge in [-0.3, -0.25) is 14.9 Å². The van der Waals surface area contributed by atoms with Crippen LogP contribution in [0.1, 0.15) is 13.8 Å². The number of nitrogens with one attached hydrogen (secondary N) is 1. The maximum Gasteiger partial charge on any atom is 0.272 e. The first-order valence-electron chi connectivity index (χ1n) is 8.47. The van der Waals surface area contributed by atoms with Gasteiger partial charge in [-0.05, 0) is 19.9 Å². The van der Waals surface area contributed by atoms with Crippen LogP contribution >= 0.6 is 0 Å². The van der Waals surface area contributed by atoms with Crippen molar-refractivity contribution in [3.63, 3.8) is 0 Å². The fourth-order valence-corrected chi connectivity index (χ4v) is 3.39. The molecule has 29 heavy (non-hydrogen) atoms. The van der Waals surface area contributed by atoms with Crippen LogP contribution in [0.15, 0.2) is 29.3 Å². The lowest BCUT2D eigenvalue weighted by molar-refractivity contribution is -0.385. The Morgan fingerprint density at radius 2 is 2.00 bits per heavy atom. The number of nitrogens with zero attached hydrogens (tertiary/aromatic N) is 5. The second-order valence-corrected chi connectivity index (χ2v) is 8.28. The molecule has 1 amide bonds. The molecule has 3 N–H and O–H groups in total. The number of nitrogens with two attached hydrogens (primary N) is 1. The van der Waals surface area contributed by atoms with Crippen molar-refractivity contribution in [3.05, 3.63) is 34.5 Å². The van der Waals surface area contributed by atoms with Crippen molar-refractivity contribution >= 4 is 44.8 Å². The number of primary sulfonamides is 1. The molecule has 3 rings (SSSR count). The number of carbonyl (C=O) groups is 1. The van der Waals surface area contributed by atoms with Crippen molar-refractivity contribution in [3.8, 4) is 0 Å². The molecule has 0 atom stereocenters. The second kappa shape index (κ2) is 7.25. The zero-order valence-electron chi connectivity index (χ0n) is 15.9. The van der Waals surface area contributed by atoms with Crippen LogP contribution in [0, 0.1) is 10.1 Å². The zero-order chi connectivity index (χ0) is 21.5. The van der Waals surface area contributed by atoms with E-state index < -0.39 is 25.5 Å². The van der Waals surface area contributed by atoms with E-state index in [0.717, 1.165) is 18.2 Å². The lowest BCUT2D eigenvalue weighted by Crippen LogP contribution is -2.47. The highest BCUT2D eigenvalue weighted by atomic mass is 32.2. The average Bonchev–Trinajstić information content (AvgIpc) is 2.63. The van der Waals surface area contributed by atoms with Crippen LogP contribution in [0.4, 0.5) is 28.8 Å². The summed E-state index contributed by atoms with van der Waals surface area (Å²) < 4.78 is 23.3. The predicted molar refractivity (Wildman–Crippen MR) is 106 cm³/mol. The Morgan fingerprint density at radius 3 is 2.59 bits per heavy atom. The molecule has 0 saturated carbocycles. The molecule has 154 valence electrons. The number of nitro groups is 1. The first kappa shape index (κ1) is 20.4. The molecule has 13 heteroatoms. The molecule has 0 aliphatic carbocycles. The summed E-state index contributed by atoms with van der Waals surface area (Å²) in [6.45, 7) is 3.97. The quantitative estimate of drug-likeness (QED) is 0.528. The van der Waals surface area contributed by atoms with E-state index in [0.29, 0.717) is 11.5 Å². The van der Waals surface area contributed by atoms with E-state index in [-0.39, 0.29) is 30.1 Å². The monoisotopic (exact) mass is 421 g/mol. The topological polar surface area (TPSA) is 165 Å². The van der Waals surface area contributed by atoms with Crippen LogP contribution in [-0.2, 0) is 14.8 Å². The van der Waals surface area contributed by atoms with Gasteiger partial charge in [-0.15, -0.1) is 0 Å². The van der Waals surface area contributed by atoms with Gasteiger partial charge in [0.15, 0.2) is 5.82 Å². The van der Waals surface area contributed by atoms with Gasteiger partial charge in [-0.25, -0.2) is 18.5 Å². The third-order valence-electron chi connectivity index (χ3n) is 4.37. The van der Waals surface area contributed by atoms with Gasteiger partial charge in [-0.2, -0.15) is 4.98 Å². The molecule has 1 aliphatic rings. The number of hydrogen-bond donors (Lipinski definition) is 2. The number of likely N-dealkylation sites (N-methyl/N-ethyl adjacent to an activating group) is 1. The molecule has 0 bridgehead atoms. The number of rotatable bonds is 5. The highest BCUT2D eigenvalue weighted by Crippen LogP contribution is 2.33. The summed E-state index contributed by atoms with van der Waals surface area (Å²) in [5.41, 5.74) is 0.149. The van der Waals surface area contributed by atoms with Gasteiger partial charge in [0, 0.05) is 30.9 Å². The largest absolute Gasteiger partial charge is 0.343 e. The van der Waals surface area contributed by atoms with Crippen LogP contribution in [-0.4, -0.2) is 48.9 Å². The van der Waals surface area contributed by atoms with Crippen LogP contribution in [0.3, 0.4) is 0 Å². The smallest absolute Gasteiger partial charge is 0.272 e. The van der Waals surface area contributed by atoms with Crippen LogP contribution in [0.25, 0.3) is 0 Å². The average molecular weight is 421 g/mol. The third-order valence-corrected chi connectivity index (χ3v) is 5.27. The lowest BCUT2D eigenvalue weighted by Gasteiger charge is -2.36. The van der Waals surface area contributed by atoms with E-state index in [2.05, 4.69) is 15.3 Å². The SMILES string of the molecule is CC(C)N1CC(=O)N(C)c2cnc(Nc3cc([N+](=O)[O-])cc(S(N)(=O)=O)c3)nc21. The molecule has 1 aromatic heterocycles. The number of sulfonamides is 1. The maximum absolute atomic E-state index is 12.2. The van der Waals surface area contributed by atoms with E-state index in [9.17, 15) is 23.3 Å². The summed E-state index contributed by atoms with van der Waals surface area (Å²) in [6.07, 6.45) is 1.45. The van der Waals surface area contributed by atoms with Crippen LogP contribution in [0.2, 0.25) is 0 Å². The summed E-state index contributed by atoms with van der Waals surface area (Å²) in [6, 6.07) is 3.16. The molecule has 0 fully saturated rings. The van der Waals surface area contributed by atoms with Gasteiger partial charge in [-0.1, -0.05) is 0 Å². The number of hydrogen-bond acceptors (Lipinski definition) is 9. The fourth-order valence-electron chi connectivity index (χ4n) is 2.82. The molecule has 0 saturated heterocycles. The van der Waals surface area contributed by atoms with Crippen molar-refractivity contribution in [2.24, 2.45) is 5.14 Å². The van der Waals surface area contributed by atoms with Gasteiger partial charge in [0.25, 0.3) is 5.69 Å². The first-order chi connectivity index (χ1) is 13.5. The van der Waals surface area contributed by atoms with E-state index in [1.165, 1.54) is 11.1 Å². The summed E-state index contributed by atoms with van der Waals surface area (Å²) in [7, 11) is -2.54. The van der Waals surface area contributed by atoms with Crippen molar-refractivity contribution in [2.45, 2.75) is 24.8 Å². The summed E-state index contributed by atoms with van der Waals surface area (Å²) in [5.74, 6) is 0.488. The summed E-state index contributed by atoms with van der Waals surface area (Å²) in [4.78, 5) is 34.0. The Kier molecular flexibility index (Phi) is 5.11. The predicted octanol–water partition coefficient (Wildman–Crippen LogP) is 0.967. The van der Waals surface area contributed by atoms with E-state index >= 15 is 0 Å². The molecular weight excluding hydrogens is 402 g/mol. The van der Waals surface area contributed by atoms with Gasteiger partial charge in [0.2, 0.25) is 21.9 Å². The Bertz CT molecular complexity index is 1100. The zero-order valence-corrected chi connectivity index (χ0v) is 16.7. The minimum atomic E-state index is -4.16. The molecular formula is C16H19N7O5S. The van der Waals surface area contributed by atoms with Crippen LogP contribution < -0.4 is 20.3 Å². The number of fused-ring (bicyclic) bond motifs is 1. The Labute approximate surface area is 166 Å². The van der Waals surface area contributed by atoms with E-state index in [1.54, 1.807) is 11.9 Å². The molecule has 0 unspecified atom stereocenters. The first-order valence-corrected chi connectivity index (χ1v) is 10.0. The van der Waals surface area contributed by atoms with E-state index in [4.69, 9.17) is 5.14 Å². The Balaban J connectivity index is 2.04. The van der Waals surface area contributed by atoms with Gasteiger partial charge >= 0.3 is 0 Å². The lowest BCUT2D eigenvalue weighted by atomic mass is 10.2. The second-order valence-electron chi connectivity index (χ2n) is 6.72. The summed E-state index contributed by atoms with van der Waals surface area (Å²) >= 11 is 0. The third kappa shape index (κ3) is 4.09. The van der Waals surface area contributed by atoms with Crippen molar-refractivity contribution in [1.82, 2.24) is 9.97 Å². The molecule has 0 radical (unpaired) electrons. The minimum absolute atomic E-state index is 0.0130. The minimum Gasteiger partial charge on any atom is -0.343 e. The van der Waals surface area contributed by atoms with Crippen molar-refractivity contribution < 1.29 is 18.1 Å². The standard InChI is InChI=1S/C16H19N7O5S/c1-9(2)22-8-14(24)21(3)13-7-18-16(20-15(13)22)19-10-4-11(23(25)26)6-12(5-10)29(17,27)28/h4-7,9H,8H2,1-3H3,(H2,17,27,28)(H,18,19,20). The summed E-state index contributed by atoms with van der Waals surface area (Å²) in [5, 5.41) is 19.0. The number of aromatic nitrogens is 2. The van der Waals surface area contributed by atoms with Crippen LogP contribution in [0.5, 0.6) is 0 Å². The highest BCUT2D eigenvalue weighted by molar-refractivity contribution is 7.89. The van der Waals surface area contributed by atoms with Gasteiger partial charge < -0.3 is 15.1 Å². The molecule has 1 aromatic carbocycles. The number of nitro benzene ring substituents is 1. The van der Waals surface area contributed by atoms with E-state index in [1.807, 2.05) is 13.8 Å². The van der Waals surface area contributed by atoms with Gasteiger partial charge in [0.05, 0.1) is 22.6 Å². The molecule has 1 aliphatic heterocycles. The normalized spacial score (nSPS) is 14.2. The highest BCUT2D eigenvalue weighted by Gasteiger charge is 2.30. The van der Waals surface area contributed by atoms with Crippen molar-refractivity contribution in [1.29, 1.82) is 0 Å². The fraction of sp³-hybridized carbons (Fsp3) is 0.312. The number of amides is 1. The molecule has 2 aromatic rings. The number of carbonyl (C=O) groups excluding carboxylic acids is 1. The molecule has 12 nitrogen and oxygen atoms in total. The molecule has 0 spiro atoms. The number of non-ortho nitro benzene ring substituents is 1. The Morgan fingerprint density at radius 1 is 1.31 bits per heavy atom.